The Hall–Kier alpha value is -4.28. The summed E-state index contributed by atoms with van der Waals surface area (Å²) in [7, 11) is -4.14. The lowest BCUT2D eigenvalue weighted by molar-refractivity contribution is -0.136. The highest BCUT2D eigenvalue weighted by molar-refractivity contribution is 7.52. The summed E-state index contributed by atoms with van der Waals surface area (Å²) in [4.78, 5) is 22.1. The van der Waals surface area contributed by atoms with Crippen LogP contribution in [0.1, 0.15) is 26.6 Å². The molecule has 3 atom stereocenters. The van der Waals surface area contributed by atoms with E-state index in [9.17, 15) is 9.36 Å². The summed E-state index contributed by atoms with van der Waals surface area (Å²) >= 11 is 0. The van der Waals surface area contributed by atoms with Gasteiger partial charge in [-0.1, -0.05) is 54.6 Å². The number of ether oxygens (including phenoxy) is 2. The average Bonchev–Trinajstić information content (AvgIpc) is 3.35. The van der Waals surface area contributed by atoms with Crippen LogP contribution in [0.2, 0.25) is 0 Å². The van der Waals surface area contributed by atoms with Crippen molar-refractivity contribution in [3.8, 4) is 11.5 Å². The molecule has 0 aliphatic rings. The van der Waals surface area contributed by atoms with Crippen molar-refractivity contribution in [1.82, 2.24) is 19.6 Å². The predicted molar refractivity (Wildman–Crippen MR) is 165 cm³/mol. The standard InChI is InChI=1S/C31H34N5O6P/c1-4-39-20-27-34-28-29(25-17-11-12-18-26(25)33-30(28)32)36(27)19-21(2)41-43(38,42-24-15-9-6-10-16-24)35-22(3)31(37)40-23-13-7-5-8-14-23/h5-18,21-22H,4,19-20H2,1-3H3,(H2,32,33)(H,35,38)/t21-,22+,43-/m1/s1. The van der Waals surface area contributed by atoms with E-state index in [-0.39, 0.29) is 13.2 Å². The summed E-state index contributed by atoms with van der Waals surface area (Å²) in [5.41, 5.74) is 8.34. The first-order valence-corrected chi connectivity index (χ1v) is 15.5. The number of nitrogens with one attached hydrogen (secondary N) is 1. The Labute approximate surface area is 249 Å². The molecule has 0 bridgehead atoms. The van der Waals surface area contributed by atoms with Crippen LogP contribution in [0, 0.1) is 0 Å². The number of nitrogen functional groups attached to an aromatic ring is 1. The fourth-order valence-corrected chi connectivity index (χ4v) is 6.29. The molecule has 0 radical (unpaired) electrons. The van der Waals surface area contributed by atoms with Gasteiger partial charge in [-0.15, -0.1) is 0 Å². The summed E-state index contributed by atoms with van der Waals surface area (Å²) in [6, 6.07) is 23.8. The van der Waals surface area contributed by atoms with Crippen molar-refractivity contribution in [2.24, 2.45) is 0 Å². The van der Waals surface area contributed by atoms with Crippen molar-refractivity contribution in [2.45, 2.75) is 46.1 Å². The molecule has 0 saturated heterocycles. The molecule has 43 heavy (non-hydrogen) atoms. The molecule has 12 heteroatoms. The van der Waals surface area contributed by atoms with Crippen molar-refractivity contribution in [1.29, 1.82) is 0 Å². The second-order valence-corrected chi connectivity index (χ2v) is 11.5. The van der Waals surface area contributed by atoms with Gasteiger partial charge in [0.15, 0.2) is 5.82 Å². The van der Waals surface area contributed by atoms with Crippen molar-refractivity contribution in [2.75, 3.05) is 12.3 Å². The van der Waals surface area contributed by atoms with Gasteiger partial charge in [0.05, 0.1) is 23.7 Å². The number of benzene rings is 3. The number of fused-ring (bicyclic) bond motifs is 3. The quantitative estimate of drug-likeness (QED) is 0.0953. The maximum absolute atomic E-state index is 14.2. The number of carbonyl (C=O) groups excluding carboxylic acids is 1. The van der Waals surface area contributed by atoms with E-state index in [1.165, 1.54) is 6.92 Å². The largest absolute Gasteiger partial charge is 0.459 e. The van der Waals surface area contributed by atoms with Gasteiger partial charge < -0.3 is 24.3 Å². The van der Waals surface area contributed by atoms with Crippen molar-refractivity contribution < 1.29 is 27.9 Å². The Kier molecular flexibility index (Phi) is 9.37. The van der Waals surface area contributed by atoms with Crippen LogP contribution in [0.5, 0.6) is 11.5 Å². The van der Waals surface area contributed by atoms with Gasteiger partial charge in [-0.05, 0) is 51.1 Å². The van der Waals surface area contributed by atoms with Gasteiger partial charge in [-0.25, -0.2) is 19.3 Å². The first-order chi connectivity index (χ1) is 20.8. The van der Waals surface area contributed by atoms with Gasteiger partial charge >= 0.3 is 13.7 Å². The number of esters is 1. The lowest BCUT2D eigenvalue weighted by atomic mass is 10.2. The Morgan fingerprint density at radius 1 is 0.953 bits per heavy atom. The van der Waals surface area contributed by atoms with Crippen LogP contribution in [0.25, 0.3) is 21.9 Å². The van der Waals surface area contributed by atoms with Crippen molar-refractivity contribution >= 4 is 41.5 Å². The molecule has 0 saturated carbocycles. The summed E-state index contributed by atoms with van der Waals surface area (Å²) < 4.78 is 39.3. The summed E-state index contributed by atoms with van der Waals surface area (Å²) in [6.07, 6.45) is -0.690. The van der Waals surface area contributed by atoms with E-state index in [1.807, 2.05) is 47.9 Å². The van der Waals surface area contributed by atoms with E-state index in [1.54, 1.807) is 55.5 Å². The van der Waals surface area contributed by atoms with E-state index in [0.29, 0.717) is 35.3 Å². The van der Waals surface area contributed by atoms with Gasteiger partial charge in [0.1, 0.15) is 35.5 Å². The highest BCUT2D eigenvalue weighted by atomic mass is 31.2. The van der Waals surface area contributed by atoms with Crippen LogP contribution >= 0.6 is 7.75 Å². The topological polar surface area (TPSA) is 140 Å². The van der Waals surface area contributed by atoms with E-state index in [0.717, 1.165) is 16.4 Å². The second-order valence-electron chi connectivity index (χ2n) is 9.89. The number of hydrogen-bond donors (Lipinski definition) is 2. The molecule has 5 aromatic rings. The monoisotopic (exact) mass is 603 g/mol. The highest BCUT2D eigenvalue weighted by Crippen LogP contribution is 2.46. The number of nitrogens with zero attached hydrogens (tertiary/aromatic N) is 3. The molecular weight excluding hydrogens is 569 g/mol. The van der Waals surface area contributed by atoms with E-state index < -0.39 is 25.9 Å². The average molecular weight is 604 g/mol. The smallest absolute Gasteiger partial charge is 0.425 e. The SMILES string of the molecule is CCOCc1nc2c(N)nc3ccccc3c2n1C[C@@H](C)O[P@](=O)(N[C@@H](C)C(=O)Oc1ccccc1)Oc1ccccc1. The molecule has 2 aromatic heterocycles. The number of anilines is 1. The van der Waals surface area contributed by atoms with Gasteiger partial charge in [0, 0.05) is 12.0 Å². The molecule has 0 aliphatic carbocycles. The van der Waals surface area contributed by atoms with Crippen LogP contribution < -0.4 is 20.1 Å². The molecule has 224 valence electrons. The zero-order valence-corrected chi connectivity index (χ0v) is 25.1. The number of rotatable bonds is 13. The first-order valence-electron chi connectivity index (χ1n) is 13.9. The minimum absolute atomic E-state index is 0.221. The van der Waals surface area contributed by atoms with E-state index in [2.05, 4.69) is 10.1 Å². The number of pyridine rings is 1. The van der Waals surface area contributed by atoms with Crippen molar-refractivity contribution in [3.05, 3.63) is 90.8 Å². The van der Waals surface area contributed by atoms with Gasteiger partial charge in [0.25, 0.3) is 0 Å². The van der Waals surface area contributed by atoms with Crippen molar-refractivity contribution in [3.63, 3.8) is 0 Å². The maximum Gasteiger partial charge on any atom is 0.459 e. The lowest BCUT2D eigenvalue weighted by Gasteiger charge is -2.26. The molecule has 11 nitrogen and oxygen atoms in total. The zero-order valence-electron chi connectivity index (χ0n) is 24.2. The van der Waals surface area contributed by atoms with Crippen LogP contribution in [0.3, 0.4) is 0 Å². The number of imidazole rings is 1. The third-order valence-electron chi connectivity index (χ3n) is 6.52. The second kappa shape index (κ2) is 13.4. The lowest BCUT2D eigenvalue weighted by Crippen LogP contribution is -2.37. The maximum atomic E-state index is 14.2. The zero-order chi connectivity index (χ0) is 30.4. The molecule has 0 amide bonds. The van der Waals surface area contributed by atoms with Gasteiger partial charge in [-0.3, -0.25) is 4.52 Å². The number of carbonyl (C=O) groups is 1. The highest BCUT2D eigenvalue weighted by Gasteiger charge is 2.35. The summed E-state index contributed by atoms with van der Waals surface area (Å²) in [6.45, 7) is 6.13. The molecule has 5 rings (SSSR count). The van der Waals surface area contributed by atoms with Crippen LogP contribution in [0.4, 0.5) is 5.82 Å². The molecule has 0 unspecified atom stereocenters. The Balaban J connectivity index is 1.44. The Morgan fingerprint density at radius 3 is 2.30 bits per heavy atom. The number of aromatic nitrogens is 3. The molecule has 3 N–H and O–H groups in total. The number of hydrogen-bond acceptors (Lipinski definition) is 9. The minimum atomic E-state index is -4.14. The third-order valence-corrected chi connectivity index (χ3v) is 8.31. The van der Waals surface area contributed by atoms with Crippen LogP contribution in [0.15, 0.2) is 84.9 Å². The third kappa shape index (κ3) is 7.21. The van der Waals surface area contributed by atoms with E-state index >= 15 is 0 Å². The Morgan fingerprint density at radius 2 is 1.60 bits per heavy atom. The fraction of sp³-hybridized carbons (Fsp3) is 0.258. The van der Waals surface area contributed by atoms with E-state index in [4.69, 9.17) is 29.2 Å². The molecule has 2 heterocycles. The normalized spacial score (nSPS) is 14.3. The Bertz CT molecular complexity index is 1750. The number of nitrogens with two attached hydrogens (primary N) is 1. The fourth-order valence-electron chi connectivity index (χ4n) is 4.61. The number of para-hydroxylation sites is 3. The molecule has 0 spiro atoms. The van der Waals surface area contributed by atoms with Crippen LogP contribution in [-0.4, -0.2) is 39.3 Å². The summed E-state index contributed by atoms with van der Waals surface area (Å²) in [5.74, 6) is 0.939. The first kappa shape index (κ1) is 30.2. The predicted octanol–water partition coefficient (Wildman–Crippen LogP) is 5.88. The molecular formula is C31H34N5O6P. The van der Waals surface area contributed by atoms with Gasteiger partial charge in [0.2, 0.25) is 0 Å². The van der Waals surface area contributed by atoms with Gasteiger partial charge in [-0.2, -0.15) is 5.09 Å². The minimum Gasteiger partial charge on any atom is -0.425 e. The summed E-state index contributed by atoms with van der Waals surface area (Å²) in [5, 5.41) is 3.61. The molecule has 0 fully saturated rings. The molecule has 0 aliphatic heterocycles. The molecule has 3 aromatic carbocycles. The van der Waals surface area contributed by atoms with Crippen LogP contribution in [-0.2, 0) is 31.8 Å².